The van der Waals surface area contributed by atoms with Gasteiger partial charge in [-0.05, 0) is 37.3 Å². The summed E-state index contributed by atoms with van der Waals surface area (Å²) in [5.74, 6) is -0.00420. The van der Waals surface area contributed by atoms with Crippen LogP contribution in [0.1, 0.15) is 56.1 Å². The van der Waals surface area contributed by atoms with Gasteiger partial charge in [-0.15, -0.1) is 0 Å². The van der Waals surface area contributed by atoms with E-state index in [9.17, 15) is 4.79 Å². The van der Waals surface area contributed by atoms with E-state index in [0.29, 0.717) is 0 Å². The standard InChI is InChI=1S/C15H23NO/c1-10-9-11(14(2,3)4)7-8-12(10)13(17)15(5,6)16/h7-9H,16H2,1-6H3. The Balaban J connectivity index is 3.20. The van der Waals surface area contributed by atoms with E-state index < -0.39 is 5.54 Å². The number of carbonyl (C=O) groups is 1. The fourth-order valence-electron chi connectivity index (χ4n) is 1.73. The molecule has 0 atom stereocenters. The lowest BCUT2D eigenvalue weighted by molar-refractivity contribution is 0.0913. The van der Waals surface area contributed by atoms with Gasteiger partial charge in [0.2, 0.25) is 0 Å². The summed E-state index contributed by atoms with van der Waals surface area (Å²) >= 11 is 0. The first-order valence-corrected chi connectivity index (χ1v) is 5.98. The van der Waals surface area contributed by atoms with Crippen molar-refractivity contribution < 1.29 is 4.79 Å². The SMILES string of the molecule is Cc1cc(C(C)(C)C)ccc1C(=O)C(C)(C)N. The number of hydrogen-bond acceptors (Lipinski definition) is 2. The maximum atomic E-state index is 12.1. The van der Waals surface area contributed by atoms with Crippen molar-refractivity contribution in [1.82, 2.24) is 0 Å². The minimum atomic E-state index is -0.811. The smallest absolute Gasteiger partial charge is 0.182 e. The van der Waals surface area contributed by atoms with Crippen molar-refractivity contribution in [3.63, 3.8) is 0 Å². The lowest BCUT2D eigenvalue weighted by Crippen LogP contribution is -2.41. The maximum absolute atomic E-state index is 12.1. The first kappa shape index (κ1) is 13.9. The van der Waals surface area contributed by atoms with Crippen LogP contribution in [0.4, 0.5) is 0 Å². The number of rotatable bonds is 2. The second-order valence-electron chi connectivity index (χ2n) is 6.33. The molecule has 0 unspecified atom stereocenters. The van der Waals surface area contributed by atoms with Crippen LogP contribution in [0.5, 0.6) is 0 Å². The van der Waals surface area contributed by atoms with E-state index in [4.69, 9.17) is 5.73 Å². The van der Waals surface area contributed by atoms with Gasteiger partial charge in [-0.25, -0.2) is 0 Å². The van der Waals surface area contributed by atoms with Gasteiger partial charge in [-0.3, -0.25) is 4.79 Å². The minimum Gasteiger partial charge on any atom is -0.319 e. The second kappa shape index (κ2) is 4.26. The number of benzene rings is 1. The molecule has 2 heteroatoms. The molecule has 1 aromatic carbocycles. The van der Waals surface area contributed by atoms with Gasteiger partial charge in [0, 0.05) is 5.56 Å². The van der Waals surface area contributed by atoms with Gasteiger partial charge in [-0.1, -0.05) is 39.0 Å². The predicted octanol–water partition coefficient (Wildman–Crippen LogP) is 3.21. The molecule has 0 aliphatic heterocycles. The molecule has 1 aromatic rings. The zero-order valence-electron chi connectivity index (χ0n) is 11.7. The van der Waals surface area contributed by atoms with Crippen LogP contribution in [0.15, 0.2) is 18.2 Å². The third-order valence-corrected chi connectivity index (χ3v) is 2.92. The Kier molecular flexibility index (Phi) is 3.49. The van der Waals surface area contributed by atoms with Gasteiger partial charge in [0.1, 0.15) is 0 Å². The lowest BCUT2D eigenvalue weighted by Gasteiger charge is -2.22. The molecule has 0 amide bonds. The number of carbonyl (C=O) groups excluding carboxylic acids is 1. The number of ketones is 1. The van der Waals surface area contributed by atoms with Gasteiger partial charge in [0.05, 0.1) is 5.54 Å². The zero-order valence-corrected chi connectivity index (χ0v) is 11.7. The summed E-state index contributed by atoms with van der Waals surface area (Å²) in [5, 5.41) is 0. The summed E-state index contributed by atoms with van der Waals surface area (Å²) in [6.07, 6.45) is 0. The summed E-state index contributed by atoms with van der Waals surface area (Å²) < 4.78 is 0. The molecule has 0 aliphatic rings. The van der Waals surface area contributed by atoms with Gasteiger partial charge >= 0.3 is 0 Å². The van der Waals surface area contributed by atoms with Gasteiger partial charge in [-0.2, -0.15) is 0 Å². The monoisotopic (exact) mass is 233 g/mol. The summed E-state index contributed by atoms with van der Waals surface area (Å²) in [4.78, 5) is 12.1. The molecule has 0 aromatic heterocycles. The summed E-state index contributed by atoms with van der Waals surface area (Å²) in [7, 11) is 0. The fraction of sp³-hybridized carbons (Fsp3) is 0.533. The molecule has 0 radical (unpaired) electrons. The highest BCUT2D eigenvalue weighted by Gasteiger charge is 2.25. The Morgan fingerprint density at radius 1 is 1.12 bits per heavy atom. The van der Waals surface area contributed by atoms with E-state index in [-0.39, 0.29) is 11.2 Å². The summed E-state index contributed by atoms with van der Waals surface area (Å²) in [6.45, 7) is 11.9. The Labute approximate surface area is 104 Å². The molecule has 1 rings (SSSR count). The molecule has 0 fully saturated rings. The number of hydrogen-bond donors (Lipinski definition) is 1. The quantitative estimate of drug-likeness (QED) is 0.797. The summed E-state index contributed by atoms with van der Waals surface area (Å²) in [6, 6.07) is 6.00. The maximum Gasteiger partial charge on any atom is 0.182 e. The largest absolute Gasteiger partial charge is 0.319 e. The Morgan fingerprint density at radius 3 is 2.00 bits per heavy atom. The van der Waals surface area contributed by atoms with Crippen molar-refractivity contribution in [2.45, 2.75) is 52.5 Å². The van der Waals surface area contributed by atoms with Crippen molar-refractivity contribution in [2.75, 3.05) is 0 Å². The number of aryl methyl sites for hydroxylation is 1. The third kappa shape index (κ3) is 3.16. The van der Waals surface area contributed by atoms with Crippen LogP contribution in [0.25, 0.3) is 0 Å². The highest BCUT2D eigenvalue weighted by atomic mass is 16.1. The molecule has 0 saturated carbocycles. The molecular weight excluding hydrogens is 210 g/mol. The first-order chi connectivity index (χ1) is 7.53. The predicted molar refractivity (Wildman–Crippen MR) is 72.5 cm³/mol. The Hall–Kier alpha value is -1.15. The van der Waals surface area contributed by atoms with Crippen LogP contribution in [0.2, 0.25) is 0 Å². The molecule has 0 spiro atoms. The van der Waals surface area contributed by atoms with Gasteiger partial charge < -0.3 is 5.73 Å². The fourth-order valence-corrected chi connectivity index (χ4v) is 1.73. The van der Waals surface area contributed by atoms with Crippen LogP contribution in [-0.4, -0.2) is 11.3 Å². The van der Waals surface area contributed by atoms with E-state index in [2.05, 4.69) is 26.8 Å². The van der Waals surface area contributed by atoms with E-state index in [1.807, 2.05) is 19.1 Å². The third-order valence-electron chi connectivity index (χ3n) is 2.92. The van der Waals surface area contributed by atoms with Crippen LogP contribution in [0.3, 0.4) is 0 Å². The number of nitrogens with two attached hydrogens (primary N) is 1. The average Bonchev–Trinajstić information content (AvgIpc) is 2.13. The van der Waals surface area contributed by atoms with E-state index in [1.54, 1.807) is 13.8 Å². The lowest BCUT2D eigenvalue weighted by atomic mass is 9.83. The van der Waals surface area contributed by atoms with E-state index >= 15 is 0 Å². The second-order valence-corrected chi connectivity index (χ2v) is 6.33. The molecule has 0 heterocycles. The molecule has 2 nitrogen and oxygen atoms in total. The van der Waals surface area contributed by atoms with Crippen LogP contribution in [0, 0.1) is 6.92 Å². The normalized spacial score (nSPS) is 12.6. The molecule has 0 bridgehead atoms. The van der Waals surface area contributed by atoms with Crippen LogP contribution in [-0.2, 0) is 5.41 Å². The summed E-state index contributed by atoms with van der Waals surface area (Å²) in [5.41, 5.74) is 8.11. The minimum absolute atomic E-state index is 0.00420. The van der Waals surface area contributed by atoms with Crippen molar-refractivity contribution in [2.24, 2.45) is 5.73 Å². The highest BCUT2D eigenvalue weighted by Crippen LogP contribution is 2.25. The molecule has 94 valence electrons. The molecule has 0 aliphatic carbocycles. The molecular formula is C15H23NO. The van der Waals surface area contributed by atoms with Crippen LogP contribution >= 0.6 is 0 Å². The van der Waals surface area contributed by atoms with E-state index in [0.717, 1.165) is 11.1 Å². The molecule has 17 heavy (non-hydrogen) atoms. The molecule has 0 saturated heterocycles. The topological polar surface area (TPSA) is 43.1 Å². The Bertz CT molecular complexity index is 433. The highest BCUT2D eigenvalue weighted by molar-refractivity contribution is 6.03. The average molecular weight is 233 g/mol. The van der Waals surface area contributed by atoms with Crippen molar-refractivity contribution in [3.8, 4) is 0 Å². The van der Waals surface area contributed by atoms with Crippen LogP contribution < -0.4 is 5.73 Å². The van der Waals surface area contributed by atoms with Gasteiger partial charge in [0.15, 0.2) is 5.78 Å². The van der Waals surface area contributed by atoms with E-state index in [1.165, 1.54) is 5.56 Å². The zero-order chi connectivity index (χ0) is 13.4. The molecule has 2 N–H and O–H groups in total. The first-order valence-electron chi connectivity index (χ1n) is 5.98. The van der Waals surface area contributed by atoms with Crippen molar-refractivity contribution >= 4 is 5.78 Å². The number of Topliss-reactive ketones (excluding diaryl/α,β-unsaturated/α-hetero) is 1. The van der Waals surface area contributed by atoms with Crippen molar-refractivity contribution in [1.29, 1.82) is 0 Å². The van der Waals surface area contributed by atoms with Gasteiger partial charge in [0.25, 0.3) is 0 Å². The Morgan fingerprint density at radius 2 is 1.65 bits per heavy atom. The van der Waals surface area contributed by atoms with Crippen molar-refractivity contribution in [3.05, 3.63) is 34.9 Å².